The van der Waals surface area contributed by atoms with Crippen molar-refractivity contribution in [3.8, 4) is 0 Å². The van der Waals surface area contributed by atoms with Crippen LogP contribution in [0.15, 0.2) is 18.2 Å². The fourth-order valence-electron chi connectivity index (χ4n) is 2.26. The number of fused-ring (bicyclic) bond motifs is 1. The number of nitrogens with zero attached hydrogens (tertiary/aromatic N) is 1. The quantitative estimate of drug-likeness (QED) is 0.840. The molecule has 1 aliphatic heterocycles. The summed E-state index contributed by atoms with van der Waals surface area (Å²) < 4.78 is 0. The van der Waals surface area contributed by atoms with Gasteiger partial charge in [0.25, 0.3) is 5.91 Å². The van der Waals surface area contributed by atoms with Crippen LogP contribution in [0.4, 0.5) is 11.4 Å². The van der Waals surface area contributed by atoms with Crippen LogP contribution in [-0.4, -0.2) is 23.6 Å². The third-order valence-electron chi connectivity index (χ3n) is 3.13. The van der Waals surface area contributed by atoms with Gasteiger partial charge in [-0.3, -0.25) is 4.79 Å². The first-order valence-electron chi connectivity index (χ1n) is 5.94. The molecule has 4 heteroatoms. The Kier molecular flexibility index (Phi) is 3.07. The van der Waals surface area contributed by atoms with E-state index >= 15 is 0 Å². The van der Waals surface area contributed by atoms with Gasteiger partial charge in [-0.15, -0.1) is 0 Å². The number of nitrogens with one attached hydrogen (secondary N) is 1. The minimum Gasteiger partial charge on any atom is -0.378 e. The lowest BCUT2D eigenvalue weighted by atomic mass is 10.1. The summed E-state index contributed by atoms with van der Waals surface area (Å²) in [6.07, 6.45) is -1.02. The summed E-state index contributed by atoms with van der Waals surface area (Å²) in [7, 11) is 0. The Balaban J connectivity index is 2.35. The number of aliphatic hydroxyl groups excluding tert-OH is 1. The van der Waals surface area contributed by atoms with Gasteiger partial charge < -0.3 is 15.3 Å². The molecule has 1 amide bonds. The molecule has 0 saturated carbocycles. The second-order valence-corrected chi connectivity index (χ2v) is 4.54. The van der Waals surface area contributed by atoms with Crippen LogP contribution < -0.4 is 10.2 Å². The summed E-state index contributed by atoms with van der Waals surface area (Å²) in [5.74, 6) is -0.343. The molecule has 2 rings (SSSR count). The molecule has 1 heterocycles. The summed E-state index contributed by atoms with van der Waals surface area (Å²) in [6, 6.07) is 6.09. The minimum absolute atomic E-state index is 0.343. The van der Waals surface area contributed by atoms with E-state index in [2.05, 4.69) is 31.0 Å². The van der Waals surface area contributed by atoms with E-state index < -0.39 is 6.10 Å². The topological polar surface area (TPSA) is 52.6 Å². The van der Waals surface area contributed by atoms with Crippen molar-refractivity contribution in [3.63, 3.8) is 0 Å². The average molecular weight is 234 g/mol. The molecular weight excluding hydrogens is 216 g/mol. The van der Waals surface area contributed by atoms with E-state index in [0.717, 1.165) is 17.9 Å². The molecule has 1 aromatic rings. The van der Waals surface area contributed by atoms with Gasteiger partial charge in [-0.1, -0.05) is 6.07 Å². The number of carbonyl (C=O) groups is 1. The van der Waals surface area contributed by atoms with Gasteiger partial charge in [0, 0.05) is 29.5 Å². The van der Waals surface area contributed by atoms with E-state index in [1.807, 2.05) is 18.2 Å². The first kappa shape index (κ1) is 11.9. The second kappa shape index (κ2) is 4.37. The first-order valence-corrected chi connectivity index (χ1v) is 5.94. The minimum atomic E-state index is -1.02. The molecule has 0 saturated heterocycles. The molecule has 1 unspecified atom stereocenters. The Labute approximate surface area is 101 Å². The molecule has 2 N–H and O–H groups in total. The number of hydrogen-bond donors (Lipinski definition) is 2. The SMILES string of the molecule is CCN(c1ccc2c(c1)NC(=O)C2O)C(C)C. The van der Waals surface area contributed by atoms with Gasteiger partial charge in [-0.05, 0) is 32.9 Å². The smallest absolute Gasteiger partial charge is 0.257 e. The fraction of sp³-hybridized carbons (Fsp3) is 0.462. The maximum Gasteiger partial charge on any atom is 0.257 e. The van der Waals surface area contributed by atoms with E-state index in [1.54, 1.807) is 0 Å². The Bertz CT molecular complexity index is 443. The molecule has 0 aliphatic carbocycles. The largest absolute Gasteiger partial charge is 0.378 e. The molecule has 1 aromatic carbocycles. The number of rotatable bonds is 3. The summed E-state index contributed by atoms with van der Waals surface area (Å²) in [6.45, 7) is 7.27. The Morgan fingerprint density at radius 3 is 2.76 bits per heavy atom. The zero-order chi connectivity index (χ0) is 12.6. The number of hydrogen-bond acceptors (Lipinski definition) is 3. The zero-order valence-corrected chi connectivity index (χ0v) is 10.4. The number of benzene rings is 1. The van der Waals surface area contributed by atoms with E-state index in [-0.39, 0.29) is 5.91 Å². The number of aliphatic hydroxyl groups is 1. The van der Waals surface area contributed by atoms with Gasteiger partial charge in [0.1, 0.15) is 0 Å². The Morgan fingerprint density at radius 1 is 1.47 bits per heavy atom. The van der Waals surface area contributed by atoms with Crippen LogP contribution in [0.2, 0.25) is 0 Å². The van der Waals surface area contributed by atoms with Crippen molar-refractivity contribution < 1.29 is 9.90 Å². The maximum absolute atomic E-state index is 11.3. The highest BCUT2D eigenvalue weighted by molar-refractivity contribution is 6.02. The third kappa shape index (κ3) is 2.00. The molecule has 1 atom stereocenters. The second-order valence-electron chi connectivity index (χ2n) is 4.54. The van der Waals surface area contributed by atoms with E-state index in [1.165, 1.54) is 0 Å². The molecule has 0 radical (unpaired) electrons. The molecule has 17 heavy (non-hydrogen) atoms. The Morgan fingerprint density at radius 2 is 2.18 bits per heavy atom. The van der Waals surface area contributed by atoms with Gasteiger partial charge in [-0.25, -0.2) is 0 Å². The normalized spacial score (nSPS) is 18.2. The van der Waals surface area contributed by atoms with Crippen molar-refractivity contribution in [2.45, 2.75) is 32.9 Å². The number of amides is 1. The lowest BCUT2D eigenvalue weighted by Crippen LogP contribution is -2.30. The van der Waals surface area contributed by atoms with Gasteiger partial charge in [0.05, 0.1) is 0 Å². The van der Waals surface area contributed by atoms with Gasteiger partial charge in [0.2, 0.25) is 0 Å². The molecule has 0 spiro atoms. The maximum atomic E-state index is 11.3. The van der Waals surface area contributed by atoms with Crippen LogP contribution >= 0.6 is 0 Å². The van der Waals surface area contributed by atoms with Crippen molar-refractivity contribution in [2.75, 3.05) is 16.8 Å². The highest BCUT2D eigenvalue weighted by Gasteiger charge is 2.28. The van der Waals surface area contributed by atoms with Crippen LogP contribution in [0.3, 0.4) is 0 Å². The third-order valence-corrected chi connectivity index (χ3v) is 3.13. The molecule has 0 bridgehead atoms. The summed E-state index contributed by atoms with van der Waals surface area (Å²) in [5.41, 5.74) is 2.45. The lowest BCUT2D eigenvalue weighted by molar-refractivity contribution is -0.123. The number of carbonyl (C=O) groups excluding carboxylic acids is 1. The Hall–Kier alpha value is -1.55. The molecular formula is C13H18N2O2. The van der Waals surface area contributed by atoms with E-state index in [4.69, 9.17) is 0 Å². The summed E-state index contributed by atoms with van der Waals surface area (Å²) in [4.78, 5) is 13.6. The highest BCUT2D eigenvalue weighted by atomic mass is 16.3. The van der Waals surface area contributed by atoms with Crippen molar-refractivity contribution in [2.24, 2.45) is 0 Å². The predicted octanol–water partition coefficient (Wildman–Crippen LogP) is 1.91. The van der Waals surface area contributed by atoms with Crippen LogP contribution in [-0.2, 0) is 4.79 Å². The van der Waals surface area contributed by atoms with Gasteiger partial charge in [0.15, 0.2) is 6.10 Å². The van der Waals surface area contributed by atoms with Crippen molar-refractivity contribution in [1.29, 1.82) is 0 Å². The molecule has 0 fully saturated rings. The summed E-state index contributed by atoms with van der Waals surface area (Å²) in [5, 5.41) is 12.3. The zero-order valence-electron chi connectivity index (χ0n) is 10.4. The van der Waals surface area contributed by atoms with E-state index in [9.17, 15) is 9.90 Å². The van der Waals surface area contributed by atoms with Gasteiger partial charge >= 0.3 is 0 Å². The molecule has 0 aromatic heterocycles. The van der Waals surface area contributed by atoms with Crippen molar-refractivity contribution in [3.05, 3.63) is 23.8 Å². The standard InChI is InChI=1S/C13H18N2O2/c1-4-15(8(2)3)9-5-6-10-11(7-9)14-13(17)12(10)16/h5-8,12,16H,4H2,1-3H3,(H,14,17). The predicted molar refractivity (Wildman–Crippen MR) is 68.2 cm³/mol. The summed E-state index contributed by atoms with van der Waals surface area (Å²) >= 11 is 0. The first-order chi connectivity index (χ1) is 8.04. The van der Waals surface area contributed by atoms with Crippen molar-refractivity contribution >= 4 is 17.3 Å². The van der Waals surface area contributed by atoms with E-state index in [0.29, 0.717) is 11.6 Å². The average Bonchev–Trinajstić information content (AvgIpc) is 2.55. The monoisotopic (exact) mass is 234 g/mol. The molecule has 1 aliphatic rings. The van der Waals surface area contributed by atoms with Crippen LogP contribution in [0.25, 0.3) is 0 Å². The fourth-order valence-corrected chi connectivity index (χ4v) is 2.26. The molecule has 92 valence electrons. The van der Waals surface area contributed by atoms with Crippen LogP contribution in [0.1, 0.15) is 32.4 Å². The lowest BCUT2D eigenvalue weighted by Gasteiger charge is -2.27. The number of anilines is 2. The highest BCUT2D eigenvalue weighted by Crippen LogP contribution is 2.34. The molecule has 4 nitrogen and oxygen atoms in total. The van der Waals surface area contributed by atoms with Gasteiger partial charge in [-0.2, -0.15) is 0 Å². The van der Waals surface area contributed by atoms with Crippen LogP contribution in [0.5, 0.6) is 0 Å². The van der Waals surface area contributed by atoms with Crippen molar-refractivity contribution in [1.82, 2.24) is 0 Å². The van der Waals surface area contributed by atoms with Crippen LogP contribution in [0, 0.1) is 0 Å².